The smallest absolute Gasteiger partial charge is 0.325 e. The summed E-state index contributed by atoms with van der Waals surface area (Å²) in [7, 11) is 0. The Bertz CT molecular complexity index is 1000. The summed E-state index contributed by atoms with van der Waals surface area (Å²) < 4.78 is 39.9. The van der Waals surface area contributed by atoms with Crippen molar-refractivity contribution in [2.45, 2.75) is 37.4 Å². The van der Waals surface area contributed by atoms with Gasteiger partial charge in [0, 0.05) is 17.1 Å². The van der Waals surface area contributed by atoms with E-state index in [2.05, 4.69) is 20.4 Å². The Balaban J connectivity index is 1.72. The number of aromatic nitrogens is 4. The van der Waals surface area contributed by atoms with Crippen LogP contribution in [-0.4, -0.2) is 30.7 Å². The first-order valence-corrected chi connectivity index (χ1v) is 8.87. The highest BCUT2D eigenvalue weighted by Crippen LogP contribution is 2.31. The van der Waals surface area contributed by atoms with Crippen LogP contribution in [0, 0.1) is 13.8 Å². The van der Waals surface area contributed by atoms with Crippen molar-refractivity contribution < 1.29 is 18.0 Å². The number of alkyl halides is 3. The Labute approximate surface area is 157 Å². The predicted molar refractivity (Wildman–Crippen MR) is 95.6 cm³/mol. The molecule has 0 spiro atoms. The van der Waals surface area contributed by atoms with Gasteiger partial charge in [0.1, 0.15) is 0 Å². The average Bonchev–Trinajstić information content (AvgIpc) is 2.97. The molecule has 0 bridgehead atoms. The number of fused-ring (bicyclic) bond motifs is 1. The molecule has 1 N–H and O–H groups in total. The molecule has 0 aliphatic heterocycles. The number of benzene rings is 1. The van der Waals surface area contributed by atoms with E-state index < -0.39 is 22.9 Å². The van der Waals surface area contributed by atoms with Gasteiger partial charge in [0.2, 0.25) is 11.1 Å². The molecule has 0 saturated heterocycles. The average molecular weight is 395 g/mol. The number of hydrogen-bond acceptors (Lipinski definition) is 5. The molecular weight excluding hydrogens is 379 g/mol. The maximum atomic E-state index is 12.8. The van der Waals surface area contributed by atoms with Crippen LogP contribution >= 0.6 is 11.8 Å². The largest absolute Gasteiger partial charge is 0.416 e. The van der Waals surface area contributed by atoms with E-state index in [0.717, 1.165) is 35.3 Å². The van der Waals surface area contributed by atoms with E-state index in [9.17, 15) is 18.0 Å². The van der Waals surface area contributed by atoms with Crippen LogP contribution in [0.3, 0.4) is 0 Å². The van der Waals surface area contributed by atoms with E-state index in [-0.39, 0.29) is 5.69 Å². The van der Waals surface area contributed by atoms with Crippen molar-refractivity contribution in [3.8, 4) is 0 Å². The SMILES string of the molecule is Cc1cc(C)n2nc(S[C@H](C)C(=O)Nc3cccc(C(F)(F)F)c3)nc2n1. The summed E-state index contributed by atoms with van der Waals surface area (Å²) in [5.41, 5.74) is 0.926. The lowest BCUT2D eigenvalue weighted by molar-refractivity contribution is -0.137. The molecule has 0 aliphatic carbocycles. The summed E-state index contributed by atoms with van der Waals surface area (Å²) in [6.07, 6.45) is -4.47. The monoisotopic (exact) mass is 395 g/mol. The van der Waals surface area contributed by atoms with Gasteiger partial charge in [-0.1, -0.05) is 17.8 Å². The third-order valence-electron chi connectivity index (χ3n) is 3.71. The summed E-state index contributed by atoms with van der Waals surface area (Å²) in [4.78, 5) is 20.9. The maximum Gasteiger partial charge on any atom is 0.416 e. The van der Waals surface area contributed by atoms with Crippen LogP contribution < -0.4 is 5.32 Å². The number of carbonyl (C=O) groups is 1. The van der Waals surface area contributed by atoms with Crippen LogP contribution in [0.2, 0.25) is 0 Å². The molecule has 0 saturated carbocycles. The zero-order chi connectivity index (χ0) is 19.8. The Kier molecular flexibility index (Phi) is 5.09. The predicted octanol–water partition coefficient (Wildman–Crippen LogP) is 3.88. The Morgan fingerprint density at radius 2 is 1.96 bits per heavy atom. The van der Waals surface area contributed by atoms with Crippen molar-refractivity contribution in [3.05, 3.63) is 47.3 Å². The van der Waals surface area contributed by atoms with Gasteiger partial charge in [-0.3, -0.25) is 4.79 Å². The van der Waals surface area contributed by atoms with Crippen LogP contribution in [0.4, 0.5) is 18.9 Å². The maximum absolute atomic E-state index is 12.8. The third-order valence-corrected chi connectivity index (χ3v) is 4.66. The van der Waals surface area contributed by atoms with Gasteiger partial charge in [-0.05, 0) is 45.0 Å². The molecule has 3 aromatic rings. The highest BCUT2D eigenvalue weighted by molar-refractivity contribution is 8.00. The van der Waals surface area contributed by atoms with Crippen molar-refractivity contribution in [2.24, 2.45) is 0 Å². The van der Waals surface area contributed by atoms with Gasteiger partial charge in [0.25, 0.3) is 5.78 Å². The molecule has 10 heteroatoms. The van der Waals surface area contributed by atoms with Crippen molar-refractivity contribution in [3.63, 3.8) is 0 Å². The highest BCUT2D eigenvalue weighted by Gasteiger charge is 2.30. The second-order valence-electron chi connectivity index (χ2n) is 5.97. The van der Waals surface area contributed by atoms with Gasteiger partial charge in [-0.25, -0.2) is 9.50 Å². The van der Waals surface area contributed by atoms with E-state index >= 15 is 0 Å². The summed E-state index contributed by atoms with van der Waals surface area (Å²) in [5, 5.41) is 6.55. The molecule has 0 unspecified atom stereocenters. The molecular formula is C17H16F3N5OS. The van der Waals surface area contributed by atoms with E-state index in [1.807, 2.05) is 19.9 Å². The lowest BCUT2D eigenvalue weighted by Gasteiger charge is -2.12. The third kappa shape index (κ3) is 4.38. The number of aryl methyl sites for hydroxylation is 2. The number of nitrogens with one attached hydrogen (secondary N) is 1. The Hall–Kier alpha value is -2.62. The number of anilines is 1. The lowest BCUT2D eigenvalue weighted by atomic mass is 10.2. The van der Waals surface area contributed by atoms with Gasteiger partial charge in [0.15, 0.2) is 0 Å². The number of thioether (sulfide) groups is 1. The number of hydrogen-bond donors (Lipinski definition) is 1. The van der Waals surface area contributed by atoms with Crippen molar-refractivity contribution in [2.75, 3.05) is 5.32 Å². The highest BCUT2D eigenvalue weighted by atomic mass is 32.2. The molecule has 0 aliphatic rings. The van der Waals surface area contributed by atoms with Gasteiger partial charge in [-0.2, -0.15) is 18.2 Å². The van der Waals surface area contributed by atoms with E-state index in [1.165, 1.54) is 12.1 Å². The van der Waals surface area contributed by atoms with Crippen molar-refractivity contribution >= 4 is 29.1 Å². The topological polar surface area (TPSA) is 72.2 Å². The fraction of sp³-hybridized carbons (Fsp3) is 0.294. The normalized spacial score (nSPS) is 13.0. The number of amides is 1. The van der Waals surface area contributed by atoms with Crippen molar-refractivity contribution in [1.82, 2.24) is 19.6 Å². The van der Waals surface area contributed by atoms with Crippen LogP contribution in [-0.2, 0) is 11.0 Å². The van der Waals surface area contributed by atoms with Crippen LogP contribution in [0.15, 0.2) is 35.5 Å². The van der Waals surface area contributed by atoms with Gasteiger partial charge < -0.3 is 5.32 Å². The molecule has 2 heterocycles. The van der Waals surface area contributed by atoms with Gasteiger partial charge in [0.05, 0.1) is 10.8 Å². The first kappa shape index (κ1) is 19.2. The summed E-state index contributed by atoms with van der Waals surface area (Å²) >= 11 is 1.10. The second kappa shape index (κ2) is 7.18. The molecule has 0 fully saturated rings. The molecule has 1 atom stereocenters. The van der Waals surface area contributed by atoms with Crippen molar-refractivity contribution in [1.29, 1.82) is 0 Å². The molecule has 6 nitrogen and oxygen atoms in total. The quantitative estimate of drug-likeness (QED) is 0.679. The summed E-state index contributed by atoms with van der Waals surface area (Å²) in [6, 6.07) is 6.36. The molecule has 3 rings (SSSR count). The van der Waals surface area contributed by atoms with Gasteiger partial charge in [-0.15, -0.1) is 5.10 Å². The standard InChI is InChI=1S/C17H16F3N5OS/c1-9-7-10(2)25-15(21-9)23-16(24-25)27-11(3)14(26)22-13-6-4-5-12(8-13)17(18,19)20/h4-8,11H,1-3H3,(H,22,26)/t11-/m1/s1. The molecule has 27 heavy (non-hydrogen) atoms. The molecule has 0 radical (unpaired) electrons. The Morgan fingerprint density at radius 3 is 2.67 bits per heavy atom. The zero-order valence-corrected chi connectivity index (χ0v) is 15.5. The first-order valence-electron chi connectivity index (χ1n) is 7.99. The minimum absolute atomic E-state index is 0.0818. The Morgan fingerprint density at radius 1 is 1.22 bits per heavy atom. The van der Waals surface area contributed by atoms with E-state index in [4.69, 9.17) is 0 Å². The second-order valence-corrected chi connectivity index (χ2v) is 7.28. The van der Waals surface area contributed by atoms with Gasteiger partial charge >= 0.3 is 6.18 Å². The number of carbonyl (C=O) groups excluding carboxylic acids is 1. The van der Waals surface area contributed by atoms with Crippen LogP contribution in [0.5, 0.6) is 0 Å². The fourth-order valence-electron chi connectivity index (χ4n) is 2.43. The summed E-state index contributed by atoms with van der Waals surface area (Å²) in [6.45, 7) is 5.35. The summed E-state index contributed by atoms with van der Waals surface area (Å²) in [5.74, 6) is -0.0143. The number of rotatable bonds is 4. The molecule has 2 aromatic heterocycles. The minimum atomic E-state index is -4.47. The lowest BCUT2D eigenvalue weighted by Crippen LogP contribution is -2.22. The van der Waals surface area contributed by atoms with Crippen LogP contribution in [0.1, 0.15) is 23.9 Å². The number of nitrogens with zero attached hydrogens (tertiary/aromatic N) is 4. The molecule has 142 valence electrons. The van der Waals surface area contributed by atoms with E-state index in [1.54, 1.807) is 11.4 Å². The van der Waals surface area contributed by atoms with E-state index in [0.29, 0.717) is 10.9 Å². The fourth-order valence-corrected chi connectivity index (χ4v) is 3.17. The first-order chi connectivity index (χ1) is 12.6. The molecule has 1 aromatic carbocycles. The number of halogens is 3. The minimum Gasteiger partial charge on any atom is -0.325 e. The zero-order valence-electron chi connectivity index (χ0n) is 14.7. The van der Waals surface area contributed by atoms with Crippen LogP contribution in [0.25, 0.3) is 5.78 Å². The molecule has 1 amide bonds.